The molecule has 1 fully saturated rings. The first-order valence-corrected chi connectivity index (χ1v) is 14.2. The van der Waals surface area contributed by atoms with Crippen molar-refractivity contribution in [1.29, 1.82) is 0 Å². The number of benzene rings is 1. The number of carbonyl (C=O) groups is 1. The lowest BCUT2D eigenvalue weighted by Crippen LogP contribution is -2.45. The Hall–Kier alpha value is -2.54. The molecule has 2 aliphatic heterocycles. The van der Waals surface area contributed by atoms with Crippen LogP contribution in [-0.4, -0.2) is 55.2 Å². The molecule has 2 aliphatic rings. The van der Waals surface area contributed by atoms with Crippen LogP contribution in [0, 0.1) is 11.8 Å². The smallest absolute Gasteiger partial charge is 0.352 e. The number of fused-ring (bicyclic) bond motifs is 1. The molecule has 1 saturated heterocycles. The van der Waals surface area contributed by atoms with Gasteiger partial charge in [0.25, 0.3) is 16.1 Å². The summed E-state index contributed by atoms with van der Waals surface area (Å²) < 4.78 is 66.4. The SMILES string of the molecule is CNS(=O)(=O)N1CCC(CNC(=O)c2cnc3c(c2)CN(Cc2ccc(C(F)(F)F)cc2)[C@H]3C(C)C)CC1. The van der Waals surface area contributed by atoms with E-state index in [0.717, 1.165) is 29.0 Å². The molecule has 1 atom stereocenters. The minimum Gasteiger partial charge on any atom is -0.352 e. The summed E-state index contributed by atoms with van der Waals surface area (Å²) in [6, 6.07) is 7.06. The molecule has 1 aromatic carbocycles. The van der Waals surface area contributed by atoms with E-state index in [2.05, 4.69) is 33.8 Å². The van der Waals surface area contributed by atoms with Crippen molar-refractivity contribution < 1.29 is 26.4 Å². The molecular formula is C26H34F3N5O3S. The molecule has 0 bridgehead atoms. The summed E-state index contributed by atoms with van der Waals surface area (Å²) in [5.74, 6) is 0.178. The fourth-order valence-corrected chi connectivity index (χ4v) is 6.23. The lowest BCUT2D eigenvalue weighted by atomic mass is 9.98. The van der Waals surface area contributed by atoms with Crippen LogP contribution >= 0.6 is 0 Å². The summed E-state index contributed by atoms with van der Waals surface area (Å²) in [6.07, 6.45) is -1.46. The van der Waals surface area contributed by atoms with Gasteiger partial charge in [-0.05, 0) is 54.0 Å². The monoisotopic (exact) mass is 553 g/mol. The van der Waals surface area contributed by atoms with E-state index in [0.29, 0.717) is 51.1 Å². The van der Waals surface area contributed by atoms with Gasteiger partial charge >= 0.3 is 6.18 Å². The first kappa shape index (κ1) is 28.5. The van der Waals surface area contributed by atoms with Crippen molar-refractivity contribution in [2.75, 3.05) is 26.7 Å². The maximum atomic E-state index is 12.9. The zero-order valence-corrected chi connectivity index (χ0v) is 22.6. The number of hydrogen-bond acceptors (Lipinski definition) is 5. The predicted octanol–water partition coefficient (Wildman–Crippen LogP) is 3.72. The summed E-state index contributed by atoms with van der Waals surface area (Å²) in [5, 5.41) is 2.96. The third-order valence-corrected chi connectivity index (χ3v) is 8.89. The van der Waals surface area contributed by atoms with Gasteiger partial charge in [-0.1, -0.05) is 26.0 Å². The normalized spacial score (nSPS) is 19.6. The molecule has 0 aliphatic carbocycles. The molecule has 0 spiro atoms. The number of nitrogens with one attached hydrogen (secondary N) is 2. The molecule has 1 aromatic heterocycles. The fourth-order valence-electron chi connectivity index (χ4n) is 5.28. The minimum atomic E-state index is -4.37. The molecule has 12 heteroatoms. The summed E-state index contributed by atoms with van der Waals surface area (Å²) in [5.41, 5.74) is 2.40. The van der Waals surface area contributed by atoms with Crippen LogP contribution in [0.25, 0.3) is 0 Å². The summed E-state index contributed by atoms with van der Waals surface area (Å²) in [4.78, 5) is 19.7. The average molecular weight is 554 g/mol. The molecule has 3 heterocycles. The highest BCUT2D eigenvalue weighted by Crippen LogP contribution is 2.39. The molecule has 1 amide bonds. The maximum absolute atomic E-state index is 12.9. The molecule has 38 heavy (non-hydrogen) atoms. The van der Waals surface area contributed by atoms with Crippen LogP contribution in [0.3, 0.4) is 0 Å². The van der Waals surface area contributed by atoms with Crippen LogP contribution in [0.4, 0.5) is 13.2 Å². The highest BCUT2D eigenvalue weighted by molar-refractivity contribution is 7.87. The summed E-state index contributed by atoms with van der Waals surface area (Å²) in [6.45, 7) is 6.46. The zero-order valence-electron chi connectivity index (χ0n) is 21.8. The van der Waals surface area contributed by atoms with Gasteiger partial charge in [-0.2, -0.15) is 25.9 Å². The van der Waals surface area contributed by atoms with Crippen molar-refractivity contribution in [2.24, 2.45) is 11.8 Å². The number of hydrogen-bond donors (Lipinski definition) is 2. The van der Waals surface area contributed by atoms with Gasteiger partial charge in [-0.3, -0.25) is 14.7 Å². The third kappa shape index (κ3) is 6.36. The molecule has 4 rings (SSSR count). The largest absolute Gasteiger partial charge is 0.416 e. The van der Waals surface area contributed by atoms with Gasteiger partial charge in [-0.15, -0.1) is 0 Å². The average Bonchev–Trinajstić information content (AvgIpc) is 3.24. The highest BCUT2D eigenvalue weighted by Gasteiger charge is 2.35. The highest BCUT2D eigenvalue weighted by atomic mass is 32.2. The van der Waals surface area contributed by atoms with Gasteiger partial charge in [0.2, 0.25) is 0 Å². The minimum absolute atomic E-state index is 0.0107. The number of amides is 1. The van der Waals surface area contributed by atoms with Crippen molar-refractivity contribution in [3.63, 3.8) is 0 Å². The molecule has 208 valence electrons. The Labute approximate surface area is 221 Å². The van der Waals surface area contributed by atoms with Crippen molar-refractivity contribution >= 4 is 16.1 Å². The van der Waals surface area contributed by atoms with Crippen LogP contribution in [0.5, 0.6) is 0 Å². The number of halogens is 3. The molecule has 2 aromatic rings. The van der Waals surface area contributed by atoms with Gasteiger partial charge in [0.15, 0.2) is 0 Å². The Balaban J connectivity index is 1.38. The summed E-state index contributed by atoms with van der Waals surface area (Å²) >= 11 is 0. The number of piperidine rings is 1. The number of pyridine rings is 1. The van der Waals surface area contributed by atoms with E-state index in [1.807, 2.05) is 6.07 Å². The summed E-state index contributed by atoms with van der Waals surface area (Å²) in [7, 11) is -2.04. The Kier molecular flexibility index (Phi) is 8.46. The molecular weight excluding hydrogens is 519 g/mol. The lowest BCUT2D eigenvalue weighted by molar-refractivity contribution is -0.137. The van der Waals surface area contributed by atoms with Gasteiger partial charge in [-0.25, -0.2) is 4.72 Å². The standard InChI is InChI=1S/C26H34F3N5O3S/c1-17(2)24-23-21(16-33(24)15-19-4-6-22(7-5-19)26(27,28)29)12-20(14-31-23)25(35)32-13-18-8-10-34(11-9-18)38(36,37)30-3/h4-7,12,14,17-18,24,30H,8-11,13,15-16H2,1-3H3,(H,32,35)/t24-/m0/s1. The van der Waals surface area contributed by atoms with Crippen LogP contribution in [-0.2, 0) is 29.5 Å². The van der Waals surface area contributed by atoms with E-state index in [1.54, 1.807) is 6.20 Å². The zero-order chi connectivity index (χ0) is 27.7. The van der Waals surface area contributed by atoms with E-state index in [-0.39, 0.29) is 23.8 Å². The van der Waals surface area contributed by atoms with E-state index in [9.17, 15) is 26.4 Å². The topological polar surface area (TPSA) is 94.6 Å². The van der Waals surface area contributed by atoms with Crippen molar-refractivity contribution in [3.8, 4) is 0 Å². The maximum Gasteiger partial charge on any atom is 0.416 e. The number of nitrogens with zero attached hydrogens (tertiary/aromatic N) is 3. The van der Waals surface area contributed by atoms with E-state index in [4.69, 9.17) is 0 Å². The second-order valence-electron chi connectivity index (χ2n) is 10.3. The predicted molar refractivity (Wildman–Crippen MR) is 137 cm³/mol. The third-order valence-electron chi connectivity index (χ3n) is 7.33. The quantitative estimate of drug-likeness (QED) is 0.520. The first-order chi connectivity index (χ1) is 17.9. The number of rotatable bonds is 8. The molecule has 2 N–H and O–H groups in total. The molecule has 0 unspecified atom stereocenters. The second-order valence-corrected chi connectivity index (χ2v) is 12.2. The van der Waals surface area contributed by atoms with Crippen LogP contribution < -0.4 is 10.0 Å². The number of carbonyl (C=O) groups excluding carboxylic acids is 1. The molecule has 0 radical (unpaired) electrons. The van der Waals surface area contributed by atoms with Crippen molar-refractivity contribution in [1.82, 2.24) is 24.2 Å². The van der Waals surface area contributed by atoms with Crippen LogP contribution in [0.15, 0.2) is 36.5 Å². The number of aromatic nitrogens is 1. The van der Waals surface area contributed by atoms with Crippen molar-refractivity contribution in [2.45, 2.75) is 52.0 Å². The van der Waals surface area contributed by atoms with Gasteiger partial charge in [0.05, 0.1) is 22.9 Å². The molecule has 8 nitrogen and oxygen atoms in total. The Bertz CT molecular complexity index is 1240. The van der Waals surface area contributed by atoms with Gasteiger partial charge < -0.3 is 5.32 Å². The van der Waals surface area contributed by atoms with Crippen LogP contribution in [0.2, 0.25) is 0 Å². The Morgan fingerprint density at radius 2 is 1.82 bits per heavy atom. The lowest BCUT2D eigenvalue weighted by Gasteiger charge is -2.30. The van der Waals surface area contributed by atoms with Gasteiger partial charge in [0, 0.05) is 46.0 Å². The Morgan fingerprint density at radius 1 is 1.16 bits per heavy atom. The Morgan fingerprint density at radius 3 is 2.39 bits per heavy atom. The van der Waals surface area contributed by atoms with Crippen molar-refractivity contribution in [3.05, 3.63) is 64.5 Å². The van der Waals surface area contributed by atoms with Crippen LogP contribution in [0.1, 0.15) is 65.5 Å². The van der Waals surface area contributed by atoms with Gasteiger partial charge in [0.1, 0.15) is 0 Å². The number of alkyl halides is 3. The van der Waals surface area contributed by atoms with E-state index >= 15 is 0 Å². The second kappa shape index (κ2) is 11.3. The van der Waals surface area contributed by atoms with E-state index < -0.39 is 21.9 Å². The first-order valence-electron chi connectivity index (χ1n) is 12.7. The molecule has 0 saturated carbocycles. The fraction of sp³-hybridized carbons (Fsp3) is 0.538. The van der Waals surface area contributed by atoms with E-state index in [1.165, 1.54) is 23.5 Å².